The lowest BCUT2D eigenvalue weighted by Gasteiger charge is -2.17. The molecule has 0 amide bonds. The molecular formula is C15H19N3S. The highest BCUT2D eigenvalue weighted by Crippen LogP contribution is 2.22. The van der Waals surface area contributed by atoms with Crippen LogP contribution in [0, 0.1) is 6.92 Å². The summed E-state index contributed by atoms with van der Waals surface area (Å²) in [5, 5.41) is 4.34. The smallest absolute Gasteiger partial charge is 0.187 e. The molecule has 0 bridgehead atoms. The molecule has 0 fully saturated rings. The number of nitrogens with one attached hydrogen (secondary N) is 1. The van der Waals surface area contributed by atoms with Crippen LogP contribution in [-0.4, -0.2) is 22.3 Å². The highest BCUT2D eigenvalue weighted by Gasteiger charge is 2.11. The Balaban J connectivity index is 2.02. The van der Waals surface area contributed by atoms with Crippen LogP contribution in [0.2, 0.25) is 0 Å². The molecule has 1 aromatic carbocycles. The fourth-order valence-electron chi connectivity index (χ4n) is 1.84. The number of rotatable bonds is 6. The van der Waals surface area contributed by atoms with Crippen LogP contribution in [0.5, 0.6) is 0 Å². The summed E-state index contributed by atoms with van der Waals surface area (Å²) in [4.78, 5) is 8.49. The summed E-state index contributed by atoms with van der Waals surface area (Å²) in [6.07, 6.45) is 3.56. The van der Waals surface area contributed by atoms with E-state index in [9.17, 15) is 0 Å². The number of hydrogen-bond acceptors (Lipinski definition) is 4. The van der Waals surface area contributed by atoms with Gasteiger partial charge in [-0.1, -0.05) is 48.5 Å². The fourth-order valence-corrected chi connectivity index (χ4v) is 2.73. The number of nitrogens with zero attached hydrogens (tertiary/aromatic N) is 2. The van der Waals surface area contributed by atoms with Crippen molar-refractivity contribution in [3.63, 3.8) is 0 Å². The van der Waals surface area contributed by atoms with Crippen LogP contribution < -0.4 is 5.32 Å². The Morgan fingerprint density at radius 3 is 2.47 bits per heavy atom. The van der Waals surface area contributed by atoms with Crippen LogP contribution >= 0.6 is 11.8 Å². The lowest BCUT2D eigenvalue weighted by atomic mass is 10.1. The molecular weight excluding hydrogens is 254 g/mol. The van der Waals surface area contributed by atoms with Crippen LogP contribution in [0.1, 0.15) is 24.1 Å². The first-order valence-electron chi connectivity index (χ1n) is 6.49. The number of aromatic nitrogens is 2. The topological polar surface area (TPSA) is 37.8 Å². The van der Waals surface area contributed by atoms with Crippen molar-refractivity contribution in [1.29, 1.82) is 0 Å². The molecule has 100 valence electrons. The monoisotopic (exact) mass is 273 g/mol. The zero-order valence-corrected chi connectivity index (χ0v) is 12.2. The first-order valence-corrected chi connectivity index (χ1v) is 7.48. The molecule has 1 aromatic heterocycles. The third-order valence-corrected chi connectivity index (χ3v) is 3.82. The van der Waals surface area contributed by atoms with Crippen LogP contribution in [0.15, 0.2) is 47.9 Å². The van der Waals surface area contributed by atoms with Crippen molar-refractivity contribution in [2.45, 2.75) is 25.0 Å². The molecule has 0 aliphatic carbocycles. The first kappa shape index (κ1) is 14.0. The van der Waals surface area contributed by atoms with E-state index in [-0.39, 0.29) is 0 Å². The molecule has 0 aliphatic heterocycles. The van der Waals surface area contributed by atoms with Crippen molar-refractivity contribution in [3.05, 3.63) is 53.9 Å². The number of benzene rings is 1. The van der Waals surface area contributed by atoms with Crippen LogP contribution in [-0.2, 0) is 0 Å². The molecule has 0 radical (unpaired) electrons. The number of aryl methyl sites for hydroxylation is 1. The molecule has 0 aliphatic rings. The van der Waals surface area contributed by atoms with E-state index < -0.39 is 0 Å². The second-order valence-corrected chi connectivity index (χ2v) is 5.35. The van der Waals surface area contributed by atoms with Crippen LogP contribution in [0.3, 0.4) is 0 Å². The Kier molecular flexibility index (Phi) is 5.36. The maximum absolute atomic E-state index is 4.24. The minimum atomic E-state index is 0.333. The van der Waals surface area contributed by atoms with Gasteiger partial charge < -0.3 is 5.32 Å². The van der Waals surface area contributed by atoms with Gasteiger partial charge in [0.15, 0.2) is 5.16 Å². The standard InChI is InChI=1S/C15H19N3S/c1-3-16-14(13-7-5-12(2)6-8-13)11-19-15-17-9-4-10-18-15/h4-10,14,16H,3,11H2,1-2H3. The molecule has 0 saturated heterocycles. The Hall–Kier alpha value is -1.39. The third kappa shape index (κ3) is 4.33. The van der Waals surface area contributed by atoms with Gasteiger partial charge in [0.1, 0.15) is 0 Å². The molecule has 1 heterocycles. The van der Waals surface area contributed by atoms with Crippen molar-refractivity contribution in [2.24, 2.45) is 0 Å². The average Bonchev–Trinajstić information content (AvgIpc) is 2.46. The second-order valence-electron chi connectivity index (χ2n) is 4.36. The van der Waals surface area contributed by atoms with Gasteiger partial charge in [-0.05, 0) is 25.1 Å². The third-order valence-electron chi connectivity index (χ3n) is 2.85. The predicted octanol–water partition coefficient (Wildman–Crippen LogP) is 3.23. The maximum Gasteiger partial charge on any atom is 0.187 e. The molecule has 1 atom stereocenters. The zero-order valence-electron chi connectivity index (χ0n) is 11.3. The Labute approximate surface area is 118 Å². The summed E-state index contributed by atoms with van der Waals surface area (Å²) < 4.78 is 0. The molecule has 0 spiro atoms. The van der Waals surface area contributed by atoms with Gasteiger partial charge in [0, 0.05) is 24.2 Å². The van der Waals surface area contributed by atoms with Crippen molar-refractivity contribution in [3.8, 4) is 0 Å². The van der Waals surface area contributed by atoms with Gasteiger partial charge in [0.05, 0.1) is 0 Å². The van der Waals surface area contributed by atoms with Gasteiger partial charge in [-0.25, -0.2) is 9.97 Å². The quantitative estimate of drug-likeness (QED) is 0.648. The summed E-state index contributed by atoms with van der Waals surface area (Å²) in [7, 11) is 0. The molecule has 19 heavy (non-hydrogen) atoms. The molecule has 1 N–H and O–H groups in total. The molecule has 2 rings (SSSR count). The summed E-state index contributed by atoms with van der Waals surface area (Å²) in [5.41, 5.74) is 2.61. The molecule has 3 nitrogen and oxygen atoms in total. The van der Waals surface area contributed by atoms with Gasteiger partial charge in [-0.2, -0.15) is 0 Å². The average molecular weight is 273 g/mol. The van der Waals surface area contributed by atoms with E-state index >= 15 is 0 Å². The van der Waals surface area contributed by atoms with Crippen LogP contribution in [0.25, 0.3) is 0 Å². The number of thioether (sulfide) groups is 1. The van der Waals surface area contributed by atoms with Gasteiger partial charge in [-0.3, -0.25) is 0 Å². The van der Waals surface area contributed by atoms with Crippen LogP contribution in [0.4, 0.5) is 0 Å². The fraction of sp³-hybridized carbons (Fsp3) is 0.333. The first-order chi connectivity index (χ1) is 9.29. The SMILES string of the molecule is CCNC(CSc1ncccn1)c1ccc(C)cc1. The van der Waals surface area contributed by atoms with E-state index in [1.165, 1.54) is 11.1 Å². The van der Waals surface area contributed by atoms with Gasteiger partial charge in [-0.15, -0.1) is 0 Å². The van der Waals surface area contributed by atoms with E-state index in [0.29, 0.717) is 6.04 Å². The Morgan fingerprint density at radius 1 is 1.16 bits per heavy atom. The summed E-state index contributed by atoms with van der Waals surface area (Å²) in [6, 6.07) is 10.9. The highest BCUT2D eigenvalue weighted by atomic mass is 32.2. The van der Waals surface area contributed by atoms with Gasteiger partial charge in [0.2, 0.25) is 0 Å². The molecule has 0 saturated carbocycles. The molecule has 2 aromatic rings. The predicted molar refractivity (Wildman–Crippen MR) is 80.4 cm³/mol. The number of hydrogen-bond donors (Lipinski definition) is 1. The summed E-state index contributed by atoms with van der Waals surface area (Å²) >= 11 is 1.68. The Bertz CT molecular complexity index is 485. The van der Waals surface area contributed by atoms with E-state index in [1.807, 2.05) is 6.07 Å². The van der Waals surface area contributed by atoms with E-state index in [4.69, 9.17) is 0 Å². The van der Waals surface area contributed by atoms with Crippen molar-refractivity contribution in [1.82, 2.24) is 15.3 Å². The van der Waals surface area contributed by atoms with E-state index in [2.05, 4.69) is 53.4 Å². The second kappa shape index (κ2) is 7.26. The van der Waals surface area contributed by atoms with Gasteiger partial charge >= 0.3 is 0 Å². The normalized spacial score (nSPS) is 12.3. The summed E-state index contributed by atoms with van der Waals surface area (Å²) in [5.74, 6) is 0.931. The molecule has 1 unspecified atom stereocenters. The van der Waals surface area contributed by atoms with Crippen molar-refractivity contribution in [2.75, 3.05) is 12.3 Å². The van der Waals surface area contributed by atoms with E-state index in [0.717, 1.165) is 17.5 Å². The minimum Gasteiger partial charge on any atom is -0.309 e. The Morgan fingerprint density at radius 2 is 1.84 bits per heavy atom. The lowest BCUT2D eigenvalue weighted by molar-refractivity contribution is 0.605. The maximum atomic E-state index is 4.24. The van der Waals surface area contributed by atoms with E-state index in [1.54, 1.807) is 24.2 Å². The minimum absolute atomic E-state index is 0.333. The van der Waals surface area contributed by atoms with Crippen molar-refractivity contribution < 1.29 is 0 Å². The zero-order chi connectivity index (χ0) is 13.5. The summed E-state index contributed by atoms with van der Waals surface area (Å²) in [6.45, 7) is 5.19. The van der Waals surface area contributed by atoms with Crippen molar-refractivity contribution >= 4 is 11.8 Å². The lowest BCUT2D eigenvalue weighted by Crippen LogP contribution is -2.23. The molecule has 4 heteroatoms. The highest BCUT2D eigenvalue weighted by molar-refractivity contribution is 7.99. The largest absolute Gasteiger partial charge is 0.309 e. The van der Waals surface area contributed by atoms with Gasteiger partial charge in [0.25, 0.3) is 0 Å².